The van der Waals surface area contributed by atoms with Crippen LogP contribution in [0.1, 0.15) is 70.9 Å². The highest BCUT2D eigenvalue weighted by molar-refractivity contribution is 5.31. The van der Waals surface area contributed by atoms with Crippen molar-refractivity contribution in [1.29, 1.82) is 0 Å². The molecule has 1 saturated carbocycles. The van der Waals surface area contributed by atoms with Crippen LogP contribution in [0.25, 0.3) is 0 Å². The van der Waals surface area contributed by atoms with E-state index in [0.717, 1.165) is 37.8 Å². The molecular weight excluding hydrogens is 258 g/mol. The molecule has 2 nitrogen and oxygen atoms in total. The lowest BCUT2D eigenvalue weighted by atomic mass is 9.76. The Morgan fingerprint density at radius 2 is 1.71 bits per heavy atom. The third-order valence-corrected chi connectivity index (χ3v) is 4.78. The molecule has 1 aliphatic rings. The standard InChI is InChI=1S/C19H31NO/c1-5-14-20-17-10-12-19(21,13-11-17)16-8-6-15(7-9-16)18(2,3)4/h6-9,17,20-21H,5,10-14H2,1-4H3. The first-order chi connectivity index (χ1) is 9.85. The van der Waals surface area contributed by atoms with Crippen LogP contribution >= 0.6 is 0 Å². The van der Waals surface area contributed by atoms with E-state index in [1.807, 2.05) is 0 Å². The Morgan fingerprint density at radius 3 is 2.19 bits per heavy atom. The quantitative estimate of drug-likeness (QED) is 0.874. The van der Waals surface area contributed by atoms with Gasteiger partial charge in [-0.05, 0) is 55.2 Å². The highest BCUT2D eigenvalue weighted by atomic mass is 16.3. The van der Waals surface area contributed by atoms with Gasteiger partial charge in [-0.25, -0.2) is 0 Å². The van der Waals surface area contributed by atoms with Crippen LogP contribution in [-0.2, 0) is 11.0 Å². The zero-order chi connectivity index (χ0) is 15.5. The SMILES string of the molecule is CCCNC1CCC(O)(c2ccc(C(C)(C)C)cc2)CC1. The van der Waals surface area contributed by atoms with E-state index in [1.54, 1.807) is 0 Å². The highest BCUT2D eigenvalue weighted by Crippen LogP contribution is 2.37. The van der Waals surface area contributed by atoms with Gasteiger partial charge in [-0.3, -0.25) is 0 Å². The predicted octanol–water partition coefficient (Wildman–Crippen LogP) is 4.11. The second-order valence-corrected chi connectivity index (χ2v) is 7.59. The lowest BCUT2D eigenvalue weighted by Crippen LogP contribution is -2.40. The lowest BCUT2D eigenvalue weighted by molar-refractivity contribution is -0.00829. The van der Waals surface area contributed by atoms with Crippen molar-refractivity contribution < 1.29 is 5.11 Å². The van der Waals surface area contributed by atoms with E-state index in [1.165, 1.54) is 12.0 Å². The topological polar surface area (TPSA) is 32.3 Å². The fraction of sp³-hybridized carbons (Fsp3) is 0.684. The molecule has 0 amide bonds. The van der Waals surface area contributed by atoms with Gasteiger partial charge < -0.3 is 10.4 Å². The summed E-state index contributed by atoms with van der Waals surface area (Å²) in [5.41, 5.74) is 1.96. The molecule has 1 aromatic carbocycles. The predicted molar refractivity (Wildman–Crippen MR) is 89.6 cm³/mol. The number of rotatable bonds is 4. The number of hydrogen-bond acceptors (Lipinski definition) is 2. The van der Waals surface area contributed by atoms with Crippen molar-refractivity contribution in [2.24, 2.45) is 0 Å². The van der Waals surface area contributed by atoms with Gasteiger partial charge in [0, 0.05) is 6.04 Å². The highest BCUT2D eigenvalue weighted by Gasteiger charge is 2.34. The van der Waals surface area contributed by atoms with Gasteiger partial charge in [0.05, 0.1) is 5.60 Å². The van der Waals surface area contributed by atoms with E-state index in [9.17, 15) is 5.11 Å². The number of benzene rings is 1. The van der Waals surface area contributed by atoms with Crippen molar-refractivity contribution in [3.63, 3.8) is 0 Å². The van der Waals surface area contributed by atoms with Crippen molar-refractivity contribution in [3.05, 3.63) is 35.4 Å². The minimum Gasteiger partial charge on any atom is -0.385 e. The Hall–Kier alpha value is -0.860. The third kappa shape index (κ3) is 4.08. The first kappa shape index (κ1) is 16.5. The largest absolute Gasteiger partial charge is 0.385 e. The molecule has 0 bridgehead atoms. The maximum Gasteiger partial charge on any atom is 0.0897 e. The van der Waals surface area contributed by atoms with Crippen molar-refractivity contribution in [3.8, 4) is 0 Å². The van der Waals surface area contributed by atoms with Crippen LogP contribution in [-0.4, -0.2) is 17.7 Å². The van der Waals surface area contributed by atoms with Crippen LogP contribution in [0.15, 0.2) is 24.3 Å². The molecular formula is C19H31NO. The van der Waals surface area contributed by atoms with Crippen LogP contribution in [0, 0.1) is 0 Å². The molecule has 1 aliphatic carbocycles. The normalized spacial score (nSPS) is 26.8. The summed E-state index contributed by atoms with van der Waals surface area (Å²) in [6.45, 7) is 9.95. The Balaban J connectivity index is 2.01. The molecule has 0 spiro atoms. The van der Waals surface area contributed by atoms with Crippen molar-refractivity contribution in [1.82, 2.24) is 5.32 Å². The average Bonchev–Trinajstić information content (AvgIpc) is 2.46. The molecule has 2 heteroatoms. The zero-order valence-electron chi connectivity index (χ0n) is 14.1. The van der Waals surface area contributed by atoms with E-state index in [0.29, 0.717) is 6.04 Å². The van der Waals surface area contributed by atoms with Gasteiger partial charge in [-0.15, -0.1) is 0 Å². The monoisotopic (exact) mass is 289 g/mol. The van der Waals surface area contributed by atoms with Gasteiger partial charge in [-0.1, -0.05) is 52.0 Å². The van der Waals surface area contributed by atoms with E-state index in [4.69, 9.17) is 0 Å². The summed E-state index contributed by atoms with van der Waals surface area (Å²) in [5.74, 6) is 0. The molecule has 0 aliphatic heterocycles. The van der Waals surface area contributed by atoms with E-state index < -0.39 is 5.60 Å². The van der Waals surface area contributed by atoms with Crippen LogP contribution in [0.4, 0.5) is 0 Å². The number of nitrogens with one attached hydrogen (secondary N) is 1. The molecule has 2 N–H and O–H groups in total. The first-order valence-corrected chi connectivity index (χ1v) is 8.42. The van der Waals surface area contributed by atoms with Crippen molar-refractivity contribution >= 4 is 0 Å². The molecule has 0 saturated heterocycles. The second kappa shape index (κ2) is 6.50. The van der Waals surface area contributed by atoms with Crippen LogP contribution in [0.2, 0.25) is 0 Å². The van der Waals surface area contributed by atoms with Crippen molar-refractivity contribution in [2.75, 3.05) is 6.54 Å². The summed E-state index contributed by atoms with van der Waals surface area (Å²) in [6.07, 6.45) is 5.04. The first-order valence-electron chi connectivity index (χ1n) is 8.42. The molecule has 0 heterocycles. The van der Waals surface area contributed by atoms with Gasteiger partial charge in [-0.2, -0.15) is 0 Å². The van der Waals surface area contributed by atoms with Crippen LogP contribution in [0.3, 0.4) is 0 Å². The smallest absolute Gasteiger partial charge is 0.0897 e. The van der Waals surface area contributed by atoms with Gasteiger partial charge in [0.15, 0.2) is 0 Å². The van der Waals surface area contributed by atoms with Gasteiger partial charge >= 0.3 is 0 Å². The van der Waals surface area contributed by atoms with Gasteiger partial charge in [0.2, 0.25) is 0 Å². The maximum absolute atomic E-state index is 11.0. The Labute approximate surface area is 130 Å². The number of aliphatic hydroxyl groups is 1. The Kier molecular flexibility index (Phi) is 5.11. The van der Waals surface area contributed by atoms with Gasteiger partial charge in [0.1, 0.15) is 0 Å². The van der Waals surface area contributed by atoms with E-state index in [2.05, 4.69) is 57.3 Å². The molecule has 1 fully saturated rings. The van der Waals surface area contributed by atoms with E-state index in [-0.39, 0.29) is 5.41 Å². The van der Waals surface area contributed by atoms with Crippen molar-refractivity contribution in [2.45, 2.75) is 76.9 Å². The number of hydrogen-bond donors (Lipinski definition) is 2. The summed E-state index contributed by atoms with van der Waals surface area (Å²) in [7, 11) is 0. The summed E-state index contributed by atoms with van der Waals surface area (Å²) in [5, 5.41) is 14.5. The molecule has 2 rings (SSSR count). The van der Waals surface area contributed by atoms with Crippen LogP contribution in [0.5, 0.6) is 0 Å². The zero-order valence-corrected chi connectivity index (χ0v) is 14.1. The maximum atomic E-state index is 11.0. The molecule has 1 aromatic rings. The second-order valence-electron chi connectivity index (χ2n) is 7.59. The minimum absolute atomic E-state index is 0.170. The summed E-state index contributed by atoms with van der Waals surface area (Å²) >= 11 is 0. The molecule has 0 atom stereocenters. The molecule has 0 radical (unpaired) electrons. The fourth-order valence-electron chi connectivity index (χ4n) is 3.22. The molecule has 0 aromatic heterocycles. The fourth-order valence-corrected chi connectivity index (χ4v) is 3.22. The summed E-state index contributed by atoms with van der Waals surface area (Å²) in [4.78, 5) is 0. The van der Waals surface area contributed by atoms with Crippen LogP contribution < -0.4 is 5.32 Å². The summed E-state index contributed by atoms with van der Waals surface area (Å²) in [6, 6.07) is 9.18. The third-order valence-electron chi connectivity index (χ3n) is 4.78. The van der Waals surface area contributed by atoms with E-state index >= 15 is 0 Å². The molecule has 21 heavy (non-hydrogen) atoms. The Bertz CT molecular complexity index is 436. The lowest BCUT2D eigenvalue weighted by Gasteiger charge is -2.37. The minimum atomic E-state index is -0.624. The van der Waals surface area contributed by atoms with Gasteiger partial charge in [0.25, 0.3) is 0 Å². The Morgan fingerprint density at radius 1 is 1.14 bits per heavy atom. The molecule has 118 valence electrons. The average molecular weight is 289 g/mol. The molecule has 0 unspecified atom stereocenters. The summed E-state index contributed by atoms with van der Waals surface area (Å²) < 4.78 is 0.